The first-order chi connectivity index (χ1) is 8.25. The molecular formula is C12H12BrNS3. The van der Waals surface area contributed by atoms with Gasteiger partial charge in [-0.25, -0.2) is 0 Å². The summed E-state index contributed by atoms with van der Waals surface area (Å²) in [6, 6.07) is 2.33. The van der Waals surface area contributed by atoms with Crippen molar-refractivity contribution in [3.05, 3.63) is 42.2 Å². The number of rotatable bonds is 2. The van der Waals surface area contributed by atoms with Crippen LogP contribution in [0.1, 0.15) is 26.9 Å². The maximum Gasteiger partial charge on any atom is 0.0665 e. The average Bonchev–Trinajstić information content (AvgIpc) is 2.93. The van der Waals surface area contributed by atoms with Gasteiger partial charge < -0.3 is 5.73 Å². The van der Waals surface area contributed by atoms with Crippen molar-refractivity contribution in [2.24, 2.45) is 5.73 Å². The number of fused-ring (bicyclic) bond motifs is 1. The molecule has 1 unspecified atom stereocenters. The van der Waals surface area contributed by atoms with Crippen LogP contribution in [0, 0.1) is 0 Å². The zero-order chi connectivity index (χ0) is 11.8. The Morgan fingerprint density at radius 2 is 2.24 bits per heavy atom. The second-order valence-electron chi connectivity index (χ2n) is 4.05. The molecule has 2 N–H and O–H groups in total. The highest BCUT2D eigenvalue weighted by molar-refractivity contribution is 9.10. The molecule has 0 saturated carbocycles. The predicted octanol–water partition coefficient (Wildman–Crippen LogP) is 4.41. The molecular weight excluding hydrogens is 334 g/mol. The zero-order valence-corrected chi connectivity index (χ0v) is 13.1. The van der Waals surface area contributed by atoms with Crippen molar-refractivity contribution in [2.75, 3.05) is 5.75 Å². The van der Waals surface area contributed by atoms with Gasteiger partial charge in [0.1, 0.15) is 0 Å². The lowest BCUT2D eigenvalue weighted by molar-refractivity contribution is 0.893. The van der Waals surface area contributed by atoms with Gasteiger partial charge in [-0.3, -0.25) is 0 Å². The van der Waals surface area contributed by atoms with E-state index in [-0.39, 0.29) is 6.04 Å². The minimum atomic E-state index is 0.0243. The molecule has 5 heteroatoms. The molecule has 1 aliphatic rings. The van der Waals surface area contributed by atoms with E-state index in [1.807, 2.05) is 23.1 Å². The lowest BCUT2D eigenvalue weighted by Crippen LogP contribution is -2.09. The molecule has 0 aromatic carbocycles. The normalized spacial score (nSPS) is 16.8. The molecule has 17 heavy (non-hydrogen) atoms. The average molecular weight is 346 g/mol. The number of nitrogens with two attached hydrogens (primary N) is 1. The molecule has 90 valence electrons. The fourth-order valence-electron chi connectivity index (χ4n) is 1.99. The van der Waals surface area contributed by atoms with Gasteiger partial charge in [0.05, 0.1) is 6.04 Å². The molecule has 0 radical (unpaired) electrons. The van der Waals surface area contributed by atoms with E-state index >= 15 is 0 Å². The second kappa shape index (κ2) is 5.05. The number of thioether (sulfide) groups is 1. The van der Waals surface area contributed by atoms with Gasteiger partial charge >= 0.3 is 0 Å². The summed E-state index contributed by atoms with van der Waals surface area (Å²) in [6.07, 6.45) is 1.21. The summed E-state index contributed by atoms with van der Waals surface area (Å²) in [5.74, 6) is 2.41. The molecule has 1 nitrogen and oxygen atoms in total. The molecule has 2 aromatic heterocycles. The SMILES string of the molecule is NC(c1cc2c(s1)CCSC2)c1cscc1Br. The molecule has 0 aliphatic carbocycles. The van der Waals surface area contributed by atoms with Crippen LogP contribution >= 0.6 is 50.4 Å². The fourth-order valence-corrected chi connectivity index (χ4v) is 5.97. The number of aryl methyl sites for hydroxylation is 1. The first kappa shape index (κ1) is 12.2. The van der Waals surface area contributed by atoms with Gasteiger partial charge in [0.2, 0.25) is 0 Å². The zero-order valence-electron chi connectivity index (χ0n) is 9.11. The molecule has 0 saturated heterocycles. The van der Waals surface area contributed by atoms with Crippen LogP contribution in [-0.2, 0) is 12.2 Å². The minimum absolute atomic E-state index is 0.0243. The number of hydrogen-bond donors (Lipinski definition) is 1. The van der Waals surface area contributed by atoms with E-state index in [0.717, 1.165) is 10.2 Å². The molecule has 0 spiro atoms. The van der Waals surface area contributed by atoms with Crippen LogP contribution < -0.4 is 5.73 Å². The van der Waals surface area contributed by atoms with Crippen LogP contribution in [0.4, 0.5) is 0 Å². The highest BCUT2D eigenvalue weighted by Crippen LogP contribution is 2.37. The lowest BCUT2D eigenvalue weighted by atomic mass is 10.1. The summed E-state index contributed by atoms with van der Waals surface area (Å²) in [7, 11) is 0. The molecule has 1 atom stereocenters. The molecule has 0 fully saturated rings. The Hall–Kier alpha value is 0.190. The Bertz CT molecular complexity index is 508. The maximum absolute atomic E-state index is 6.35. The van der Waals surface area contributed by atoms with Crippen molar-refractivity contribution >= 4 is 50.4 Å². The third-order valence-electron chi connectivity index (χ3n) is 2.93. The fraction of sp³-hybridized carbons (Fsp3) is 0.333. The monoisotopic (exact) mass is 345 g/mol. The Morgan fingerprint density at radius 1 is 1.35 bits per heavy atom. The van der Waals surface area contributed by atoms with E-state index in [4.69, 9.17) is 5.73 Å². The van der Waals surface area contributed by atoms with Crippen LogP contribution in [-0.4, -0.2) is 5.75 Å². The van der Waals surface area contributed by atoms with Crippen LogP contribution in [0.15, 0.2) is 21.3 Å². The highest BCUT2D eigenvalue weighted by atomic mass is 79.9. The first-order valence-corrected chi connectivity index (χ1v) is 9.13. The van der Waals surface area contributed by atoms with Gasteiger partial charge in [0.25, 0.3) is 0 Å². The van der Waals surface area contributed by atoms with Gasteiger partial charge in [0, 0.05) is 25.4 Å². The van der Waals surface area contributed by atoms with Crippen LogP contribution in [0.5, 0.6) is 0 Å². The maximum atomic E-state index is 6.35. The smallest absolute Gasteiger partial charge is 0.0665 e. The Kier molecular flexibility index (Phi) is 3.64. The largest absolute Gasteiger partial charge is 0.320 e. The molecule has 3 heterocycles. The molecule has 2 aromatic rings. The number of thiophene rings is 2. The standard InChI is InChI=1S/C12H12BrNS3/c13-9-6-16-5-8(9)12(14)11-3-7-4-15-2-1-10(7)17-11/h3,5-6,12H,1-2,4,14H2. The van der Waals surface area contributed by atoms with E-state index in [1.54, 1.807) is 16.2 Å². The topological polar surface area (TPSA) is 26.0 Å². The van der Waals surface area contributed by atoms with E-state index in [0.29, 0.717) is 0 Å². The van der Waals surface area contributed by atoms with E-state index < -0.39 is 0 Å². The van der Waals surface area contributed by atoms with E-state index in [1.165, 1.54) is 28.2 Å². The van der Waals surface area contributed by atoms with Crippen molar-refractivity contribution in [2.45, 2.75) is 18.2 Å². The van der Waals surface area contributed by atoms with Gasteiger partial charge in [-0.05, 0) is 50.7 Å². The van der Waals surface area contributed by atoms with Crippen molar-refractivity contribution in [1.82, 2.24) is 0 Å². The van der Waals surface area contributed by atoms with Crippen molar-refractivity contribution in [3.63, 3.8) is 0 Å². The highest BCUT2D eigenvalue weighted by Gasteiger charge is 2.19. The van der Waals surface area contributed by atoms with Crippen LogP contribution in [0.2, 0.25) is 0 Å². The van der Waals surface area contributed by atoms with Crippen molar-refractivity contribution < 1.29 is 0 Å². The molecule has 3 rings (SSSR count). The second-order valence-corrected chi connectivity index (χ2v) is 7.92. The van der Waals surface area contributed by atoms with Gasteiger partial charge in [-0.2, -0.15) is 23.1 Å². The molecule has 0 bridgehead atoms. The first-order valence-electron chi connectivity index (χ1n) is 5.42. The molecule has 1 aliphatic heterocycles. The van der Waals surface area contributed by atoms with E-state index in [9.17, 15) is 0 Å². The summed E-state index contributed by atoms with van der Waals surface area (Å²) in [6.45, 7) is 0. The lowest BCUT2D eigenvalue weighted by Gasteiger charge is -2.08. The summed E-state index contributed by atoms with van der Waals surface area (Å²) < 4.78 is 1.13. The van der Waals surface area contributed by atoms with Crippen molar-refractivity contribution in [3.8, 4) is 0 Å². The summed E-state index contributed by atoms with van der Waals surface area (Å²) in [5, 5.41) is 4.24. The molecule has 0 amide bonds. The predicted molar refractivity (Wildman–Crippen MR) is 82.2 cm³/mol. The van der Waals surface area contributed by atoms with Crippen LogP contribution in [0.25, 0.3) is 0 Å². The van der Waals surface area contributed by atoms with Gasteiger partial charge in [-0.15, -0.1) is 11.3 Å². The van der Waals surface area contributed by atoms with Crippen LogP contribution in [0.3, 0.4) is 0 Å². The number of hydrogen-bond acceptors (Lipinski definition) is 4. The third kappa shape index (κ3) is 2.36. The van der Waals surface area contributed by atoms with Crippen molar-refractivity contribution in [1.29, 1.82) is 0 Å². The number of halogens is 1. The summed E-state index contributed by atoms with van der Waals surface area (Å²) in [4.78, 5) is 2.84. The Balaban J connectivity index is 1.94. The van der Waals surface area contributed by atoms with Gasteiger partial charge in [-0.1, -0.05) is 0 Å². The Labute approximate surface area is 122 Å². The van der Waals surface area contributed by atoms with Gasteiger partial charge in [0.15, 0.2) is 0 Å². The summed E-state index contributed by atoms with van der Waals surface area (Å²) in [5.41, 5.74) is 9.07. The third-order valence-corrected chi connectivity index (χ3v) is 7.01. The Morgan fingerprint density at radius 3 is 2.94 bits per heavy atom. The summed E-state index contributed by atoms with van der Waals surface area (Å²) >= 11 is 9.18. The van der Waals surface area contributed by atoms with E-state index in [2.05, 4.69) is 32.8 Å². The quantitative estimate of drug-likeness (QED) is 0.872. The minimum Gasteiger partial charge on any atom is -0.320 e.